The van der Waals surface area contributed by atoms with Crippen molar-refractivity contribution in [3.05, 3.63) is 36.4 Å². The van der Waals surface area contributed by atoms with Gasteiger partial charge in [-0.1, -0.05) is 12.7 Å². The summed E-state index contributed by atoms with van der Waals surface area (Å²) in [5, 5.41) is 9.00. The molecule has 18 heavy (non-hydrogen) atoms. The second-order valence-electron chi connectivity index (χ2n) is 3.46. The molecule has 1 N–H and O–H groups in total. The van der Waals surface area contributed by atoms with Crippen LogP contribution in [-0.2, 0) is 9.05 Å². The first-order chi connectivity index (χ1) is 8.25. The van der Waals surface area contributed by atoms with E-state index in [2.05, 4.69) is 6.58 Å². The second-order valence-corrected chi connectivity index (χ2v) is 6.03. The molecule has 1 unspecified atom stereocenters. The molecule has 5 nitrogen and oxygen atoms in total. The van der Waals surface area contributed by atoms with E-state index in [9.17, 15) is 13.2 Å². The number of carboxylic acids is 1. The van der Waals surface area contributed by atoms with Gasteiger partial charge >= 0.3 is 5.97 Å². The SMILES string of the molecule is C=CC(C)Oc1ccc(S(=O)(=O)Cl)cc1C(=O)O. The van der Waals surface area contributed by atoms with Gasteiger partial charge in [0.1, 0.15) is 17.4 Å². The number of halogens is 1. The molecule has 0 amide bonds. The average Bonchev–Trinajstić information content (AvgIpc) is 2.27. The third kappa shape index (κ3) is 3.48. The quantitative estimate of drug-likeness (QED) is 0.664. The third-order valence-corrected chi connectivity index (χ3v) is 3.46. The van der Waals surface area contributed by atoms with Crippen LogP contribution in [0.5, 0.6) is 5.75 Å². The Bertz CT molecular complexity index is 579. The van der Waals surface area contributed by atoms with Gasteiger partial charge in [0.2, 0.25) is 0 Å². The van der Waals surface area contributed by atoms with Gasteiger partial charge in [0.25, 0.3) is 9.05 Å². The second kappa shape index (κ2) is 5.41. The Kier molecular flexibility index (Phi) is 4.37. The molecule has 0 aliphatic rings. The van der Waals surface area contributed by atoms with Crippen LogP contribution >= 0.6 is 10.7 Å². The van der Waals surface area contributed by atoms with Crippen molar-refractivity contribution in [2.75, 3.05) is 0 Å². The number of aromatic carboxylic acids is 1. The van der Waals surface area contributed by atoms with Crippen molar-refractivity contribution < 1.29 is 23.1 Å². The van der Waals surface area contributed by atoms with Crippen LogP contribution in [0.4, 0.5) is 0 Å². The summed E-state index contributed by atoms with van der Waals surface area (Å²) < 4.78 is 27.5. The van der Waals surface area contributed by atoms with Gasteiger partial charge in [-0.05, 0) is 25.1 Å². The average molecular weight is 291 g/mol. The van der Waals surface area contributed by atoms with Crippen LogP contribution < -0.4 is 4.74 Å². The van der Waals surface area contributed by atoms with Crippen LogP contribution in [0.15, 0.2) is 35.7 Å². The minimum absolute atomic E-state index is 0.0546. The summed E-state index contributed by atoms with van der Waals surface area (Å²) in [6.45, 7) is 5.17. The number of rotatable bonds is 5. The summed E-state index contributed by atoms with van der Waals surface area (Å²) in [4.78, 5) is 10.7. The van der Waals surface area contributed by atoms with E-state index in [1.807, 2.05) is 0 Å². The fourth-order valence-corrected chi connectivity index (χ4v) is 1.96. The lowest BCUT2D eigenvalue weighted by molar-refractivity contribution is 0.0691. The van der Waals surface area contributed by atoms with Crippen LogP contribution in [0.1, 0.15) is 17.3 Å². The van der Waals surface area contributed by atoms with E-state index < -0.39 is 21.1 Å². The van der Waals surface area contributed by atoms with Gasteiger partial charge in [0.15, 0.2) is 0 Å². The summed E-state index contributed by atoms with van der Waals surface area (Å²) in [6.07, 6.45) is 1.08. The van der Waals surface area contributed by atoms with Crippen LogP contribution in [-0.4, -0.2) is 25.6 Å². The maximum atomic E-state index is 11.1. The first-order valence-electron chi connectivity index (χ1n) is 4.87. The van der Waals surface area contributed by atoms with Crippen LogP contribution in [0, 0.1) is 0 Å². The van der Waals surface area contributed by atoms with Crippen molar-refractivity contribution in [2.24, 2.45) is 0 Å². The molecule has 0 heterocycles. The number of carbonyl (C=O) groups is 1. The standard InChI is InChI=1S/C11H11ClO5S/c1-3-7(2)17-10-5-4-8(18(12,15)16)6-9(10)11(13)14/h3-7H,1H2,2H3,(H,13,14). The smallest absolute Gasteiger partial charge is 0.339 e. The van der Waals surface area contributed by atoms with Crippen molar-refractivity contribution in [1.82, 2.24) is 0 Å². The fourth-order valence-electron chi connectivity index (χ4n) is 1.18. The Hall–Kier alpha value is -1.53. The molecule has 1 aromatic carbocycles. The van der Waals surface area contributed by atoms with E-state index in [1.54, 1.807) is 6.92 Å². The summed E-state index contributed by atoms with van der Waals surface area (Å²) >= 11 is 0. The maximum Gasteiger partial charge on any atom is 0.339 e. The highest BCUT2D eigenvalue weighted by molar-refractivity contribution is 8.13. The van der Waals surface area contributed by atoms with E-state index in [0.29, 0.717) is 0 Å². The number of ether oxygens (including phenoxy) is 1. The predicted octanol–water partition coefficient (Wildman–Crippen LogP) is 2.27. The highest BCUT2D eigenvalue weighted by atomic mass is 35.7. The molecular weight excluding hydrogens is 280 g/mol. The number of benzene rings is 1. The van der Waals surface area contributed by atoms with Crippen LogP contribution in [0.2, 0.25) is 0 Å². The van der Waals surface area contributed by atoms with Crippen molar-refractivity contribution in [1.29, 1.82) is 0 Å². The molecule has 0 aliphatic carbocycles. The van der Waals surface area contributed by atoms with Gasteiger partial charge in [0, 0.05) is 10.7 Å². The summed E-state index contributed by atoms with van der Waals surface area (Å²) in [7, 11) is 1.17. The molecule has 1 aromatic rings. The largest absolute Gasteiger partial charge is 0.486 e. The molecule has 98 valence electrons. The lowest BCUT2D eigenvalue weighted by atomic mass is 10.2. The molecule has 0 saturated carbocycles. The molecule has 0 aromatic heterocycles. The normalized spacial score (nSPS) is 12.8. The number of hydrogen-bond donors (Lipinski definition) is 1. The lowest BCUT2D eigenvalue weighted by Gasteiger charge is -2.13. The summed E-state index contributed by atoms with van der Waals surface area (Å²) in [5.74, 6) is -1.25. The summed E-state index contributed by atoms with van der Waals surface area (Å²) in [6, 6.07) is 3.38. The monoisotopic (exact) mass is 290 g/mol. The van der Waals surface area contributed by atoms with E-state index in [0.717, 1.165) is 6.07 Å². The zero-order valence-electron chi connectivity index (χ0n) is 9.46. The van der Waals surface area contributed by atoms with E-state index in [4.69, 9.17) is 20.5 Å². The first kappa shape index (κ1) is 14.5. The van der Waals surface area contributed by atoms with Gasteiger partial charge in [-0.25, -0.2) is 13.2 Å². The molecule has 7 heteroatoms. The lowest BCUT2D eigenvalue weighted by Crippen LogP contribution is -2.11. The first-order valence-corrected chi connectivity index (χ1v) is 7.18. The van der Waals surface area contributed by atoms with Gasteiger partial charge in [-0.3, -0.25) is 0 Å². The molecular formula is C11H11ClO5S. The molecule has 1 atom stereocenters. The Morgan fingerprint density at radius 3 is 2.61 bits per heavy atom. The molecule has 0 aliphatic heterocycles. The molecule has 0 spiro atoms. The van der Waals surface area contributed by atoms with Crippen molar-refractivity contribution in [3.63, 3.8) is 0 Å². The van der Waals surface area contributed by atoms with Gasteiger partial charge in [-0.15, -0.1) is 0 Å². The Morgan fingerprint density at radius 1 is 1.56 bits per heavy atom. The van der Waals surface area contributed by atoms with Gasteiger partial charge in [0.05, 0.1) is 4.90 Å². The molecule has 0 bridgehead atoms. The van der Waals surface area contributed by atoms with E-state index in [1.165, 1.54) is 18.2 Å². The molecule has 0 saturated heterocycles. The summed E-state index contributed by atoms with van der Waals surface area (Å²) in [5.41, 5.74) is -0.273. The molecule has 1 rings (SSSR count). The van der Waals surface area contributed by atoms with Gasteiger partial charge in [-0.2, -0.15) is 0 Å². The van der Waals surface area contributed by atoms with Crippen molar-refractivity contribution in [2.45, 2.75) is 17.9 Å². The topological polar surface area (TPSA) is 80.7 Å². The maximum absolute atomic E-state index is 11.1. The molecule has 0 radical (unpaired) electrons. The predicted molar refractivity (Wildman–Crippen MR) is 66.7 cm³/mol. The fraction of sp³-hybridized carbons (Fsp3) is 0.182. The highest BCUT2D eigenvalue weighted by Gasteiger charge is 2.18. The van der Waals surface area contributed by atoms with Gasteiger partial charge < -0.3 is 9.84 Å². The van der Waals surface area contributed by atoms with Crippen molar-refractivity contribution in [3.8, 4) is 5.75 Å². The minimum Gasteiger partial charge on any atom is -0.486 e. The van der Waals surface area contributed by atoms with E-state index in [-0.39, 0.29) is 16.2 Å². The Balaban J connectivity index is 3.29. The highest BCUT2D eigenvalue weighted by Crippen LogP contribution is 2.25. The zero-order valence-corrected chi connectivity index (χ0v) is 11.0. The Morgan fingerprint density at radius 2 is 2.17 bits per heavy atom. The van der Waals surface area contributed by atoms with Crippen LogP contribution in [0.3, 0.4) is 0 Å². The zero-order chi connectivity index (χ0) is 13.9. The molecule has 0 fully saturated rings. The van der Waals surface area contributed by atoms with Crippen LogP contribution in [0.25, 0.3) is 0 Å². The third-order valence-electron chi connectivity index (χ3n) is 2.11. The van der Waals surface area contributed by atoms with Crippen molar-refractivity contribution >= 4 is 25.7 Å². The number of carboxylic acid groups (broad SMARTS) is 1. The minimum atomic E-state index is -3.98. The Labute approximate surface area is 109 Å². The number of hydrogen-bond acceptors (Lipinski definition) is 4. The van der Waals surface area contributed by atoms with E-state index >= 15 is 0 Å².